The Labute approximate surface area is 161 Å². The lowest BCUT2D eigenvalue weighted by molar-refractivity contribution is 0.102. The van der Waals surface area contributed by atoms with Crippen molar-refractivity contribution < 1.29 is 22.0 Å². The molecule has 0 bridgehead atoms. The van der Waals surface area contributed by atoms with E-state index < -0.39 is 27.6 Å². The number of sulfonamides is 1. The number of amides is 1. The van der Waals surface area contributed by atoms with Gasteiger partial charge in [-0.15, -0.1) is 0 Å². The maximum atomic E-state index is 13.8. The summed E-state index contributed by atoms with van der Waals surface area (Å²) in [5.74, 6) is -2.32. The van der Waals surface area contributed by atoms with Crippen LogP contribution in [0, 0.1) is 18.6 Å². The normalized spacial score (nSPS) is 11.1. The second-order valence-corrected chi connectivity index (χ2v) is 7.66. The molecule has 0 saturated heterocycles. The quantitative estimate of drug-likeness (QED) is 0.667. The van der Waals surface area contributed by atoms with Crippen molar-refractivity contribution >= 4 is 27.3 Å². The highest BCUT2D eigenvalue weighted by Gasteiger charge is 2.18. The van der Waals surface area contributed by atoms with Crippen LogP contribution < -0.4 is 10.0 Å². The van der Waals surface area contributed by atoms with Crippen LogP contribution in [0.2, 0.25) is 0 Å². The Balaban J connectivity index is 1.87. The first kappa shape index (κ1) is 19.5. The highest BCUT2D eigenvalue weighted by molar-refractivity contribution is 7.92. The average molecular weight is 402 g/mol. The molecular weight excluding hydrogens is 386 g/mol. The molecule has 0 atom stereocenters. The Kier molecular flexibility index (Phi) is 5.41. The van der Waals surface area contributed by atoms with Gasteiger partial charge in [-0.2, -0.15) is 0 Å². The van der Waals surface area contributed by atoms with Gasteiger partial charge in [-0.1, -0.05) is 24.3 Å². The third kappa shape index (κ3) is 4.17. The van der Waals surface area contributed by atoms with Gasteiger partial charge in [0.2, 0.25) is 0 Å². The number of rotatable bonds is 5. The zero-order valence-corrected chi connectivity index (χ0v) is 15.6. The van der Waals surface area contributed by atoms with Gasteiger partial charge in [0.15, 0.2) is 0 Å². The van der Waals surface area contributed by atoms with Crippen molar-refractivity contribution in [3.8, 4) is 0 Å². The van der Waals surface area contributed by atoms with Crippen LogP contribution in [-0.4, -0.2) is 14.3 Å². The first-order chi connectivity index (χ1) is 13.3. The van der Waals surface area contributed by atoms with Crippen LogP contribution in [0.25, 0.3) is 0 Å². The minimum atomic E-state index is -3.83. The Morgan fingerprint density at radius 3 is 2.29 bits per heavy atom. The van der Waals surface area contributed by atoms with E-state index in [0.29, 0.717) is 11.6 Å². The molecule has 0 aromatic heterocycles. The maximum absolute atomic E-state index is 13.8. The van der Waals surface area contributed by atoms with Crippen LogP contribution >= 0.6 is 0 Å². The predicted octanol–water partition coefficient (Wildman–Crippen LogP) is 4.33. The van der Waals surface area contributed by atoms with Gasteiger partial charge in [-0.05, 0) is 48.9 Å². The molecule has 2 N–H and O–H groups in total. The molecule has 0 aliphatic heterocycles. The summed E-state index contributed by atoms with van der Waals surface area (Å²) in [6, 6.07) is 15.1. The Hall–Kier alpha value is -3.26. The number of nitrogens with one attached hydrogen (secondary N) is 2. The van der Waals surface area contributed by atoms with E-state index in [2.05, 4.69) is 10.0 Å². The molecule has 0 saturated carbocycles. The zero-order valence-electron chi connectivity index (χ0n) is 14.7. The fourth-order valence-electron chi connectivity index (χ4n) is 2.58. The number of hydrogen-bond donors (Lipinski definition) is 2. The van der Waals surface area contributed by atoms with E-state index in [-0.39, 0.29) is 21.8 Å². The Morgan fingerprint density at radius 1 is 0.893 bits per heavy atom. The van der Waals surface area contributed by atoms with E-state index in [1.165, 1.54) is 30.3 Å². The van der Waals surface area contributed by atoms with Crippen LogP contribution in [0.3, 0.4) is 0 Å². The number of anilines is 2. The highest BCUT2D eigenvalue weighted by atomic mass is 32.2. The summed E-state index contributed by atoms with van der Waals surface area (Å²) in [6.07, 6.45) is 0. The summed E-state index contributed by atoms with van der Waals surface area (Å²) in [5.41, 5.74) is 0.552. The summed E-state index contributed by atoms with van der Waals surface area (Å²) in [6.45, 7) is 1.57. The van der Waals surface area contributed by atoms with Crippen molar-refractivity contribution in [2.45, 2.75) is 11.8 Å². The third-order valence-electron chi connectivity index (χ3n) is 4.06. The molecule has 0 heterocycles. The average Bonchev–Trinajstić information content (AvgIpc) is 2.66. The molecule has 0 aliphatic rings. The lowest BCUT2D eigenvalue weighted by Crippen LogP contribution is -2.17. The minimum Gasteiger partial charge on any atom is -0.319 e. The van der Waals surface area contributed by atoms with Crippen LogP contribution in [0.1, 0.15) is 15.9 Å². The summed E-state index contributed by atoms with van der Waals surface area (Å²) < 4.78 is 54.2. The molecule has 28 heavy (non-hydrogen) atoms. The van der Waals surface area contributed by atoms with Crippen molar-refractivity contribution in [3.05, 3.63) is 89.5 Å². The SMILES string of the molecule is Cc1c(NS(=O)(=O)c2ccccc2)cccc1C(=O)Nc1ccc(F)cc1F. The van der Waals surface area contributed by atoms with E-state index in [4.69, 9.17) is 0 Å². The first-order valence-corrected chi connectivity index (χ1v) is 9.70. The van der Waals surface area contributed by atoms with Gasteiger partial charge in [0, 0.05) is 11.6 Å². The molecule has 0 radical (unpaired) electrons. The van der Waals surface area contributed by atoms with Crippen molar-refractivity contribution in [1.82, 2.24) is 0 Å². The molecule has 8 heteroatoms. The molecule has 1 amide bonds. The molecule has 3 aromatic carbocycles. The molecule has 0 aliphatic carbocycles. The molecule has 3 rings (SSSR count). The van der Waals surface area contributed by atoms with Gasteiger partial charge in [-0.3, -0.25) is 9.52 Å². The topological polar surface area (TPSA) is 75.3 Å². The second kappa shape index (κ2) is 7.77. The van der Waals surface area contributed by atoms with Crippen molar-refractivity contribution in [2.24, 2.45) is 0 Å². The number of hydrogen-bond acceptors (Lipinski definition) is 3. The monoisotopic (exact) mass is 402 g/mol. The zero-order chi connectivity index (χ0) is 20.3. The van der Waals surface area contributed by atoms with Gasteiger partial charge in [0.25, 0.3) is 15.9 Å². The van der Waals surface area contributed by atoms with E-state index in [1.54, 1.807) is 25.1 Å². The lowest BCUT2D eigenvalue weighted by atomic mass is 10.1. The number of carbonyl (C=O) groups excluding carboxylic acids is 1. The summed E-state index contributed by atoms with van der Waals surface area (Å²) in [7, 11) is -3.83. The largest absolute Gasteiger partial charge is 0.319 e. The highest BCUT2D eigenvalue weighted by Crippen LogP contribution is 2.24. The third-order valence-corrected chi connectivity index (χ3v) is 5.44. The first-order valence-electron chi connectivity index (χ1n) is 8.22. The number of benzene rings is 3. The van der Waals surface area contributed by atoms with Gasteiger partial charge in [0.05, 0.1) is 16.3 Å². The second-order valence-electron chi connectivity index (χ2n) is 5.97. The minimum absolute atomic E-state index is 0.0811. The van der Waals surface area contributed by atoms with Gasteiger partial charge in [0.1, 0.15) is 11.6 Å². The molecular formula is C20H16F2N2O3S. The van der Waals surface area contributed by atoms with Crippen molar-refractivity contribution in [2.75, 3.05) is 10.0 Å². The fourth-order valence-corrected chi connectivity index (χ4v) is 3.72. The molecule has 0 unspecified atom stereocenters. The van der Waals surface area contributed by atoms with Crippen LogP contribution in [0.15, 0.2) is 71.6 Å². The fraction of sp³-hybridized carbons (Fsp3) is 0.0500. The van der Waals surface area contributed by atoms with E-state index in [9.17, 15) is 22.0 Å². The number of halogens is 2. The van der Waals surface area contributed by atoms with Crippen LogP contribution in [0.5, 0.6) is 0 Å². The molecule has 0 spiro atoms. The van der Waals surface area contributed by atoms with Gasteiger partial charge < -0.3 is 5.32 Å². The lowest BCUT2D eigenvalue weighted by Gasteiger charge is -2.14. The molecule has 5 nitrogen and oxygen atoms in total. The van der Waals surface area contributed by atoms with Gasteiger partial charge in [-0.25, -0.2) is 17.2 Å². The van der Waals surface area contributed by atoms with Gasteiger partial charge >= 0.3 is 0 Å². The van der Waals surface area contributed by atoms with Crippen molar-refractivity contribution in [3.63, 3.8) is 0 Å². The molecule has 144 valence electrons. The summed E-state index contributed by atoms with van der Waals surface area (Å²) >= 11 is 0. The standard InChI is InChI=1S/C20H16F2N2O3S/c1-13-16(20(25)23-19-11-10-14(21)12-17(19)22)8-5-9-18(13)24-28(26,27)15-6-3-2-4-7-15/h2-12,24H,1H3,(H,23,25). The van der Waals surface area contributed by atoms with E-state index in [0.717, 1.165) is 12.1 Å². The van der Waals surface area contributed by atoms with Crippen LogP contribution in [0.4, 0.5) is 20.2 Å². The maximum Gasteiger partial charge on any atom is 0.261 e. The Bertz CT molecular complexity index is 1130. The summed E-state index contributed by atoms with van der Waals surface area (Å²) in [5, 5.41) is 2.36. The molecule has 0 fully saturated rings. The number of carbonyl (C=O) groups is 1. The summed E-state index contributed by atoms with van der Waals surface area (Å²) in [4.78, 5) is 12.6. The smallest absolute Gasteiger partial charge is 0.261 e. The Morgan fingerprint density at radius 2 is 1.61 bits per heavy atom. The van der Waals surface area contributed by atoms with E-state index >= 15 is 0 Å². The predicted molar refractivity (Wildman–Crippen MR) is 103 cm³/mol. The van der Waals surface area contributed by atoms with Crippen LogP contribution in [-0.2, 0) is 10.0 Å². The molecule has 3 aromatic rings. The van der Waals surface area contributed by atoms with Crippen molar-refractivity contribution in [1.29, 1.82) is 0 Å². The van der Waals surface area contributed by atoms with E-state index in [1.807, 2.05) is 0 Å².